The first-order valence-electron chi connectivity index (χ1n) is 10.9. The molecule has 1 saturated carbocycles. The Kier molecular flexibility index (Phi) is 5.16. The van der Waals surface area contributed by atoms with Gasteiger partial charge in [0.2, 0.25) is 0 Å². The van der Waals surface area contributed by atoms with Gasteiger partial charge in [0.05, 0.1) is 6.07 Å². The predicted octanol–water partition coefficient (Wildman–Crippen LogP) is 3.55. The summed E-state index contributed by atoms with van der Waals surface area (Å²) in [7, 11) is 2.15. The molecule has 2 aliphatic rings. The third-order valence-corrected chi connectivity index (χ3v) is 6.27. The molecule has 0 bridgehead atoms. The maximum absolute atomic E-state index is 12.5. The molecule has 1 aliphatic carbocycles. The van der Waals surface area contributed by atoms with Gasteiger partial charge < -0.3 is 19.6 Å². The van der Waals surface area contributed by atoms with Crippen LogP contribution in [0.5, 0.6) is 0 Å². The van der Waals surface area contributed by atoms with Crippen LogP contribution in [0.1, 0.15) is 23.2 Å². The average molecular weight is 428 g/mol. The smallest absolute Gasteiger partial charge is 0.252 e. The van der Waals surface area contributed by atoms with E-state index < -0.39 is 5.54 Å². The number of aromatic nitrogens is 1. The van der Waals surface area contributed by atoms with Crippen LogP contribution in [0.3, 0.4) is 0 Å². The lowest BCUT2D eigenvalue weighted by atomic mass is 10.1. The summed E-state index contributed by atoms with van der Waals surface area (Å²) in [5.41, 5.74) is 3.45. The highest BCUT2D eigenvalue weighted by atomic mass is 16.5. The van der Waals surface area contributed by atoms with Gasteiger partial charge in [-0.15, -0.1) is 0 Å². The minimum atomic E-state index is -0.690. The number of carbonyl (C=O) groups is 1. The first-order chi connectivity index (χ1) is 15.5. The molecule has 162 valence electrons. The Labute approximate surface area is 187 Å². The van der Waals surface area contributed by atoms with E-state index in [1.54, 1.807) is 12.1 Å². The Morgan fingerprint density at radius 1 is 1.06 bits per heavy atom. The van der Waals surface area contributed by atoms with Crippen molar-refractivity contribution in [3.8, 4) is 28.7 Å². The van der Waals surface area contributed by atoms with Crippen LogP contribution in [0.15, 0.2) is 59.1 Å². The van der Waals surface area contributed by atoms with E-state index in [1.807, 2.05) is 18.2 Å². The molecule has 32 heavy (non-hydrogen) atoms. The van der Waals surface area contributed by atoms with Gasteiger partial charge in [-0.2, -0.15) is 5.26 Å². The molecule has 0 radical (unpaired) electrons. The molecule has 1 aliphatic heterocycles. The summed E-state index contributed by atoms with van der Waals surface area (Å²) in [5, 5.41) is 16.2. The van der Waals surface area contributed by atoms with Crippen LogP contribution in [0.2, 0.25) is 0 Å². The Balaban J connectivity index is 1.31. The third-order valence-electron chi connectivity index (χ3n) is 6.27. The van der Waals surface area contributed by atoms with Crippen LogP contribution in [0.25, 0.3) is 22.6 Å². The van der Waals surface area contributed by atoms with Crippen molar-refractivity contribution in [1.29, 1.82) is 5.26 Å². The summed E-state index contributed by atoms with van der Waals surface area (Å²) in [6.45, 7) is 4.20. The summed E-state index contributed by atoms with van der Waals surface area (Å²) in [6, 6.07) is 19.7. The van der Waals surface area contributed by atoms with Gasteiger partial charge >= 0.3 is 0 Å². The van der Waals surface area contributed by atoms with Crippen LogP contribution in [-0.4, -0.2) is 54.7 Å². The molecule has 1 amide bonds. The summed E-state index contributed by atoms with van der Waals surface area (Å²) in [6.07, 6.45) is 1.41. The number of anilines is 1. The van der Waals surface area contributed by atoms with Crippen molar-refractivity contribution in [1.82, 2.24) is 15.4 Å². The van der Waals surface area contributed by atoms with Crippen molar-refractivity contribution in [2.45, 2.75) is 18.4 Å². The third kappa shape index (κ3) is 4.10. The zero-order valence-electron chi connectivity index (χ0n) is 18.0. The molecule has 7 nitrogen and oxygen atoms in total. The standard InChI is InChI=1S/C25H25N5O2/c1-29-11-13-30(14-12-29)21-7-5-18(6-8-21)23-16-22(28-32-23)19-3-2-4-20(15-19)24(31)27-25(17-26)9-10-25/h2-8,15-16H,9-14H2,1H3,(H,27,31). The van der Waals surface area contributed by atoms with Crippen molar-refractivity contribution in [3.05, 3.63) is 60.2 Å². The topological polar surface area (TPSA) is 85.4 Å². The number of amides is 1. The summed E-state index contributed by atoms with van der Waals surface area (Å²) in [5.74, 6) is 0.440. The second kappa shape index (κ2) is 8.13. The molecular formula is C25H25N5O2. The number of rotatable bonds is 5. The Bertz CT molecular complexity index is 1170. The number of benzene rings is 2. The van der Waals surface area contributed by atoms with Crippen molar-refractivity contribution in [2.75, 3.05) is 38.1 Å². The molecule has 2 heterocycles. The molecular weight excluding hydrogens is 402 g/mol. The Morgan fingerprint density at radius 3 is 2.50 bits per heavy atom. The second-order valence-corrected chi connectivity index (χ2v) is 8.64. The van der Waals surface area contributed by atoms with Crippen LogP contribution in [0.4, 0.5) is 5.69 Å². The van der Waals surface area contributed by atoms with Gasteiger partial charge in [0.1, 0.15) is 11.2 Å². The van der Waals surface area contributed by atoms with Crippen molar-refractivity contribution in [3.63, 3.8) is 0 Å². The monoisotopic (exact) mass is 427 g/mol. The molecule has 0 spiro atoms. The first-order valence-corrected chi connectivity index (χ1v) is 10.9. The molecule has 1 saturated heterocycles. The number of hydrogen-bond acceptors (Lipinski definition) is 6. The number of nitrogens with zero attached hydrogens (tertiary/aromatic N) is 4. The van der Waals surface area contributed by atoms with E-state index in [0.29, 0.717) is 29.9 Å². The van der Waals surface area contributed by atoms with E-state index in [9.17, 15) is 10.1 Å². The van der Waals surface area contributed by atoms with Gasteiger partial charge in [0.25, 0.3) is 5.91 Å². The van der Waals surface area contributed by atoms with Crippen molar-refractivity contribution < 1.29 is 9.32 Å². The molecule has 1 N–H and O–H groups in total. The highest BCUT2D eigenvalue weighted by Crippen LogP contribution is 2.35. The fourth-order valence-corrected chi connectivity index (χ4v) is 3.95. The highest BCUT2D eigenvalue weighted by molar-refractivity contribution is 5.96. The zero-order valence-corrected chi connectivity index (χ0v) is 18.0. The van der Waals surface area contributed by atoms with Gasteiger partial charge in [-0.3, -0.25) is 4.79 Å². The number of likely N-dealkylation sites (N-methyl/N-ethyl adjacent to an activating group) is 1. The molecule has 5 rings (SSSR count). The van der Waals surface area contributed by atoms with Crippen LogP contribution >= 0.6 is 0 Å². The van der Waals surface area contributed by atoms with Crippen molar-refractivity contribution in [2.24, 2.45) is 0 Å². The Hall–Kier alpha value is -3.63. The maximum atomic E-state index is 12.5. The molecule has 2 aromatic carbocycles. The normalized spacial score (nSPS) is 17.6. The second-order valence-electron chi connectivity index (χ2n) is 8.64. The van der Waals surface area contributed by atoms with Gasteiger partial charge in [-0.05, 0) is 56.3 Å². The van der Waals surface area contributed by atoms with E-state index in [1.165, 1.54) is 5.69 Å². The summed E-state index contributed by atoms with van der Waals surface area (Å²) >= 11 is 0. The zero-order chi connectivity index (χ0) is 22.1. The molecule has 7 heteroatoms. The van der Waals surface area contributed by atoms with E-state index >= 15 is 0 Å². The number of piperazine rings is 1. The molecule has 2 fully saturated rings. The van der Waals surface area contributed by atoms with Gasteiger partial charge in [-0.25, -0.2) is 0 Å². The Morgan fingerprint density at radius 2 is 1.81 bits per heavy atom. The van der Waals surface area contributed by atoms with Gasteiger partial charge in [0, 0.05) is 54.6 Å². The molecule has 1 aromatic heterocycles. The van der Waals surface area contributed by atoms with E-state index in [2.05, 4.69) is 57.7 Å². The van der Waals surface area contributed by atoms with Crippen molar-refractivity contribution >= 4 is 11.6 Å². The van der Waals surface area contributed by atoms with Crippen LogP contribution in [0, 0.1) is 11.3 Å². The molecule has 0 atom stereocenters. The minimum absolute atomic E-state index is 0.242. The number of carbonyl (C=O) groups excluding carboxylic acids is 1. The molecule has 0 unspecified atom stereocenters. The van der Waals surface area contributed by atoms with Crippen LogP contribution < -0.4 is 10.2 Å². The number of nitrogens with one attached hydrogen (secondary N) is 1. The fraction of sp³-hybridized carbons (Fsp3) is 0.320. The molecule has 3 aromatic rings. The number of nitriles is 1. The fourth-order valence-electron chi connectivity index (χ4n) is 3.95. The largest absolute Gasteiger partial charge is 0.369 e. The van der Waals surface area contributed by atoms with Gasteiger partial charge in [0.15, 0.2) is 5.76 Å². The first kappa shape index (κ1) is 20.3. The van der Waals surface area contributed by atoms with Crippen LogP contribution in [-0.2, 0) is 0 Å². The van der Waals surface area contributed by atoms with Gasteiger partial charge in [-0.1, -0.05) is 17.3 Å². The quantitative estimate of drug-likeness (QED) is 0.670. The lowest BCUT2D eigenvalue weighted by Crippen LogP contribution is -2.44. The maximum Gasteiger partial charge on any atom is 0.252 e. The highest BCUT2D eigenvalue weighted by Gasteiger charge is 2.44. The lowest BCUT2D eigenvalue weighted by molar-refractivity contribution is 0.0941. The summed E-state index contributed by atoms with van der Waals surface area (Å²) in [4.78, 5) is 17.3. The average Bonchev–Trinajstić information content (AvgIpc) is 3.43. The minimum Gasteiger partial charge on any atom is -0.369 e. The number of hydrogen-bond donors (Lipinski definition) is 1. The SMILES string of the molecule is CN1CCN(c2ccc(-c3cc(-c4cccc(C(=O)NC5(C#N)CC5)c4)no3)cc2)CC1. The predicted molar refractivity (Wildman–Crippen MR) is 122 cm³/mol. The van der Waals surface area contributed by atoms with E-state index in [-0.39, 0.29) is 5.91 Å². The van der Waals surface area contributed by atoms with E-state index in [0.717, 1.165) is 37.3 Å². The summed E-state index contributed by atoms with van der Waals surface area (Å²) < 4.78 is 5.60. The van der Waals surface area contributed by atoms with E-state index in [4.69, 9.17) is 4.52 Å². The lowest BCUT2D eigenvalue weighted by Gasteiger charge is -2.34.